The highest BCUT2D eigenvalue weighted by Gasteiger charge is 2.27. The van der Waals surface area contributed by atoms with E-state index >= 15 is 0 Å². The van der Waals surface area contributed by atoms with Gasteiger partial charge in [-0.2, -0.15) is 0 Å². The Hall–Kier alpha value is -2.82. The van der Waals surface area contributed by atoms with E-state index in [0.29, 0.717) is 12.3 Å². The summed E-state index contributed by atoms with van der Waals surface area (Å²) in [5.74, 6) is 0.287. The highest BCUT2D eigenvalue weighted by Crippen LogP contribution is 2.18. The maximum atomic E-state index is 13.1. The molecule has 0 aliphatic carbocycles. The van der Waals surface area contributed by atoms with Crippen molar-refractivity contribution in [3.8, 4) is 5.75 Å². The molecule has 0 aromatic heterocycles. The fraction of sp³-hybridized carbons (Fsp3) is 0.440. The van der Waals surface area contributed by atoms with E-state index in [0.717, 1.165) is 28.7 Å². The number of nitrogens with one attached hydrogen (secondary N) is 1. The highest BCUT2D eigenvalue weighted by molar-refractivity contribution is 5.88. The number of nitrogens with zero attached hydrogens (tertiary/aromatic N) is 1. The zero-order chi connectivity index (χ0) is 22.3. The van der Waals surface area contributed by atoms with Gasteiger partial charge in [-0.1, -0.05) is 37.3 Å². The van der Waals surface area contributed by atoms with E-state index in [1.54, 1.807) is 11.8 Å². The number of hydrogen-bond donors (Lipinski definition) is 1. The molecule has 0 saturated carbocycles. The van der Waals surface area contributed by atoms with Crippen molar-refractivity contribution < 1.29 is 14.3 Å². The molecule has 0 heterocycles. The minimum atomic E-state index is -0.603. The van der Waals surface area contributed by atoms with Gasteiger partial charge in [-0.05, 0) is 75.4 Å². The van der Waals surface area contributed by atoms with Crippen molar-refractivity contribution >= 4 is 11.8 Å². The normalized spacial score (nSPS) is 12.7. The van der Waals surface area contributed by atoms with Gasteiger partial charge in [0.05, 0.1) is 0 Å². The summed E-state index contributed by atoms with van der Waals surface area (Å²) in [5.41, 5.74) is 4.26. The lowest BCUT2D eigenvalue weighted by molar-refractivity contribution is -0.142. The smallest absolute Gasteiger partial charge is 0.261 e. The number of carbonyl (C=O) groups is 2. The molecule has 2 aromatic rings. The zero-order valence-electron chi connectivity index (χ0n) is 19.0. The van der Waals surface area contributed by atoms with Gasteiger partial charge in [0.2, 0.25) is 5.91 Å². The van der Waals surface area contributed by atoms with Crippen LogP contribution in [0.15, 0.2) is 42.5 Å². The third kappa shape index (κ3) is 6.61. The van der Waals surface area contributed by atoms with Crippen LogP contribution in [0.5, 0.6) is 5.75 Å². The Morgan fingerprint density at radius 2 is 1.67 bits per heavy atom. The molecule has 2 aromatic carbocycles. The van der Waals surface area contributed by atoms with Gasteiger partial charge in [0, 0.05) is 12.6 Å². The molecule has 0 bridgehead atoms. The van der Waals surface area contributed by atoms with Crippen molar-refractivity contribution in [1.82, 2.24) is 10.2 Å². The van der Waals surface area contributed by atoms with Gasteiger partial charge >= 0.3 is 0 Å². The molecule has 0 spiro atoms. The summed E-state index contributed by atoms with van der Waals surface area (Å²) in [4.78, 5) is 27.5. The van der Waals surface area contributed by atoms with E-state index in [1.807, 2.05) is 71.0 Å². The van der Waals surface area contributed by atoms with Crippen molar-refractivity contribution in [2.45, 2.75) is 66.6 Å². The minimum absolute atomic E-state index is 0.0573. The molecule has 162 valence electrons. The first kappa shape index (κ1) is 23.5. The van der Waals surface area contributed by atoms with Crippen LogP contribution in [0.2, 0.25) is 0 Å². The largest absolute Gasteiger partial charge is 0.484 e. The van der Waals surface area contributed by atoms with E-state index in [4.69, 9.17) is 4.74 Å². The van der Waals surface area contributed by atoms with Crippen LogP contribution >= 0.6 is 0 Å². The fourth-order valence-electron chi connectivity index (χ4n) is 3.26. The molecular formula is C25H34N2O3. The quantitative estimate of drug-likeness (QED) is 0.670. The number of aryl methyl sites for hydroxylation is 3. The Kier molecular flexibility index (Phi) is 8.46. The molecule has 0 aliphatic rings. The van der Waals surface area contributed by atoms with Gasteiger partial charge in [0.1, 0.15) is 11.8 Å². The molecule has 1 N–H and O–H groups in total. The first-order valence-corrected chi connectivity index (χ1v) is 10.6. The molecule has 0 fully saturated rings. The van der Waals surface area contributed by atoms with Crippen LogP contribution in [0.3, 0.4) is 0 Å². The Morgan fingerprint density at radius 1 is 1.03 bits per heavy atom. The average molecular weight is 411 g/mol. The second-order valence-corrected chi connectivity index (χ2v) is 8.05. The van der Waals surface area contributed by atoms with Gasteiger partial charge in [0.25, 0.3) is 5.91 Å². The number of amides is 2. The van der Waals surface area contributed by atoms with Crippen molar-refractivity contribution in [3.05, 3.63) is 64.7 Å². The van der Waals surface area contributed by atoms with Gasteiger partial charge in [-0.3, -0.25) is 9.59 Å². The molecule has 2 atom stereocenters. The lowest BCUT2D eigenvalue weighted by Gasteiger charge is -2.30. The van der Waals surface area contributed by atoms with Crippen LogP contribution in [0.1, 0.15) is 49.4 Å². The van der Waals surface area contributed by atoms with Crippen LogP contribution < -0.4 is 10.1 Å². The molecule has 2 amide bonds. The van der Waals surface area contributed by atoms with E-state index in [9.17, 15) is 9.59 Å². The van der Waals surface area contributed by atoms with Crippen molar-refractivity contribution in [2.75, 3.05) is 6.61 Å². The maximum Gasteiger partial charge on any atom is 0.261 e. The predicted octanol–water partition coefficient (Wildman–Crippen LogP) is 4.32. The molecule has 2 rings (SSSR count). The van der Waals surface area contributed by atoms with E-state index in [1.165, 1.54) is 0 Å². The molecule has 0 saturated heterocycles. The number of benzene rings is 2. The summed E-state index contributed by atoms with van der Waals surface area (Å²) in [7, 11) is 0. The second kappa shape index (κ2) is 10.8. The van der Waals surface area contributed by atoms with Crippen molar-refractivity contribution in [3.63, 3.8) is 0 Å². The lowest BCUT2D eigenvalue weighted by Crippen LogP contribution is -2.50. The Morgan fingerprint density at radius 3 is 2.27 bits per heavy atom. The number of rotatable bonds is 9. The van der Waals surface area contributed by atoms with E-state index < -0.39 is 6.04 Å². The van der Waals surface area contributed by atoms with E-state index in [2.05, 4.69) is 11.4 Å². The second-order valence-electron chi connectivity index (χ2n) is 8.05. The molecule has 2 unspecified atom stereocenters. The Balaban J connectivity index is 2.19. The first-order valence-electron chi connectivity index (χ1n) is 10.6. The molecule has 0 radical (unpaired) electrons. The van der Waals surface area contributed by atoms with Gasteiger partial charge in [0.15, 0.2) is 6.61 Å². The summed E-state index contributed by atoms with van der Waals surface area (Å²) >= 11 is 0. The standard InChI is InChI=1S/C25H34N2O3/c1-7-20(5)26-25(29)21(6)27(15-22-11-9-8-10-19(22)4)24(28)16-30-23-13-17(2)12-18(3)14-23/h8-14,20-21H,7,15-16H2,1-6H3,(H,26,29). The SMILES string of the molecule is CCC(C)NC(=O)C(C)N(Cc1ccccc1C)C(=O)COc1cc(C)cc(C)c1. The number of carbonyl (C=O) groups excluding carboxylic acids is 2. The molecule has 5 nitrogen and oxygen atoms in total. The summed E-state index contributed by atoms with van der Waals surface area (Å²) < 4.78 is 5.79. The maximum absolute atomic E-state index is 13.1. The highest BCUT2D eigenvalue weighted by atomic mass is 16.5. The van der Waals surface area contributed by atoms with Crippen LogP contribution in [-0.4, -0.2) is 35.4 Å². The van der Waals surface area contributed by atoms with E-state index in [-0.39, 0.29) is 24.5 Å². The summed E-state index contributed by atoms with van der Waals surface area (Å²) in [6, 6.07) is 13.2. The van der Waals surface area contributed by atoms with Crippen LogP contribution in [0, 0.1) is 20.8 Å². The van der Waals surface area contributed by atoms with Gasteiger partial charge in [-0.15, -0.1) is 0 Å². The summed E-state index contributed by atoms with van der Waals surface area (Å²) in [6.45, 7) is 12.0. The third-order valence-corrected chi connectivity index (χ3v) is 5.33. The molecule has 30 heavy (non-hydrogen) atoms. The van der Waals surface area contributed by atoms with Crippen LogP contribution in [0.25, 0.3) is 0 Å². The zero-order valence-corrected chi connectivity index (χ0v) is 19.0. The monoisotopic (exact) mass is 410 g/mol. The number of hydrogen-bond acceptors (Lipinski definition) is 3. The first-order chi connectivity index (χ1) is 14.2. The van der Waals surface area contributed by atoms with Gasteiger partial charge < -0.3 is 15.0 Å². The molecular weight excluding hydrogens is 376 g/mol. The van der Waals surface area contributed by atoms with Crippen LogP contribution in [-0.2, 0) is 16.1 Å². The Labute approximate surface area is 180 Å². The third-order valence-electron chi connectivity index (χ3n) is 5.33. The van der Waals surface area contributed by atoms with Crippen LogP contribution in [0.4, 0.5) is 0 Å². The van der Waals surface area contributed by atoms with Crippen molar-refractivity contribution in [1.29, 1.82) is 0 Å². The summed E-state index contributed by atoms with van der Waals surface area (Å²) in [6.07, 6.45) is 0.833. The fourth-order valence-corrected chi connectivity index (χ4v) is 3.26. The molecule has 5 heteroatoms. The van der Waals surface area contributed by atoms with Gasteiger partial charge in [-0.25, -0.2) is 0 Å². The summed E-state index contributed by atoms with van der Waals surface area (Å²) in [5, 5.41) is 2.98. The Bertz CT molecular complexity index is 858. The minimum Gasteiger partial charge on any atom is -0.484 e. The predicted molar refractivity (Wildman–Crippen MR) is 120 cm³/mol. The average Bonchev–Trinajstić information content (AvgIpc) is 2.70. The molecule has 0 aliphatic heterocycles. The topological polar surface area (TPSA) is 58.6 Å². The van der Waals surface area contributed by atoms with Crippen molar-refractivity contribution in [2.24, 2.45) is 0 Å². The lowest BCUT2D eigenvalue weighted by atomic mass is 10.1. The number of ether oxygens (including phenoxy) is 1.